The molecule has 33 heavy (non-hydrogen) atoms. The predicted octanol–water partition coefficient (Wildman–Crippen LogP) is -0.726. The Morgan fingerprint density at radius 2 is 1.55 bits per heavy atom. The molecule has 0 fully saturated rings. The van der Waals surface area contributed by atoms with E-state index in [0.717, 1.165) is 0 Å². The summed E-state index contributed by atoms with van der Waals surface area (Å²) in [5.41, 5.74) is -0.568. The molecular weight excluding hydrogens is 436 g/mol. The Morgan fingerprint density at radius 1 is 0.939 bits per heavy atom. The van der Waals surface area contributed by atoms with E-state index in [1.54, 1.807) is 20.8 Å². The highest BCUT2D eigenvalue weighted by Crippen LogP contribution is 2.08. The van der Waals surface area contributed by atoms with Gasteiger partial charge in [-0.3, -0.25) is 14.4 Å². The van der Waals surface area contributed by atoms with Crippen LogP contribution in [0.2, 0.25) is 0 Å². The fourth-order valence-electron chi connectivity index (χ4n) is 2.57. The lowest BCUT2D eigenvalue weighted by Gasteiger charge is -2.19. The van der Waals surface area contributed by atoms with E-state index in [2.05, 4.69) is 16.0 Å². The van der Waals surface area contributed by atoms with Crippen LogP contribution in [0.5, 0.6) is 0 Å². The first kappa shape index (κ1) is 28.3. The molecule has 1 atom stereocenters. The van der Waals surface area contributed by atoms with Gasteiger partial charge in [-0.05, 0) is 26.8 Å². The number of ether oxygens (including phenoxy) is 3. The van der Waals surface area contributed by atoms with Gasteiger partial charge in [0.15, 0.2) is 0 Å². The molecule has 1 aliphatic rings. The van der Waals surface area contributed by atoms with Crippen molar-refractivity contribution in [3.63, 3.8) is 0 Å². The number of hydrogen-bond donors (Lipinski definition) is 4. The second kappa shape index (κ2) is 15.2. The lowest BCUT2D eigenvalue weighted by molar-refractivity contribution is -0.132. The summed E-state index contributed by atoms with van der Waals surface area (Å²) in [6.45, 7) is 7.48. The smallest absolute Gasteiger partial charge is 0.407 e. The Morgan fingerprint density at radius 3 is 2.18 bits per heavy atom. The van der Waals surface area contributed by atoms with Gasteiger partial charge in [0.2, 0.25) is 17.7 Å². The first-order valence-corrected chi connectivity index (χ1v) is 10.9. The fraction of sp³-hybridized carbons (Fsp3) is 0.714. The van der Waals surface area contributed by atoms with Gasteiger partial charge in [0.05, 0.1) is 26.4 Å². The maximum atomic E-state index is 11.7. The second-order valence-electron chi connectivity index (χ2n) is 8.16. The first-order chi connectivity index (χ1) is 15.6. The minimum absolute atomic E-state index is 0.0900. The average molecular weight is 473 g/mol. The van der Waals surface area contributed by atoms with Crippen molar-refractivity contribution < 1.29 is 38.5 Å². The summed E-state index contributed by atoms with van der Waals surface area (Å²) >= 11 is 0. The molecule has 1 rings (SSSR count). The van der Waals surface area contributed by atoms with E-state index in [9.17, 15) is 24.3 Å². The normalized spacial score (nSPS) is 15.5. The van der Waals surface area contributed by atoms with E-state index in [0.29, 0.717) is 32.9 Å². The van der Waals surface area contributed by atoms with Gasteiger partial charge in [-0.1, -0.05) is 0 Å². The molecule has 0 saturated carbocycles. The first-order valence-electron chi connectivity index (χ1n) is 10.9. The van der Waals surface area contributed by atoms with Crippen molar-refractivity contribution in [1.29, 1.82) is 0 Å². The molecule has 0 aromatic heterocycles. The monoisotopic (exact) mass is 472 g/mol. The summed E-state index contributed by atoms with van der Waals surface area (Å²) in [6, 6.07) is 0. The van der Waals surface area contributed by atoms with Gasteiger partial charge in [-0.2, -0.15) is 0 Å². The zero-order valence-electron chi connectivity index (χ0n) is 19.6. The van der Waals surface area contributed by atoms with Crippen molar-refractivity contribution in [2.45, 2.75) is 45.4 Å². The van der Waals surface area contributed by atoms with Crippen LogP contribution in [0.4, 0.5) is 4.79 Å². The van der Waals surface area contributed by atoms with Gasteiger partial charge in [-0.15, -0.1) is 0 Å². The molecule has 4 N–H and O–H groups in total. The van der Waals surface area contributed by atoms with Crippen LogP contribution >= 0.6 is 0 Å². The van der Waals surface area contributed by atoms with E-state index in [-0.39, 0.29) is 50.3 Å². The number of amides is 4. The third-order valence-corrected chi connectivity index (χ3v) is 4.12. The van der Waals surface area contributed by atoms with Crippen molar-refractivity contribution in [1.82, 2.24) is 20.9 Å². The van der Waals surface area contributed by atoms with E-state index in [4.69, 9.17) is 14.2 Å². The molecule has 0 aromatic carbocycles. The van der Waals surface area contributed by atoms with Crippen molar-refractivity contribution in [2.75, 3.05) is 52.6 Å². The number of aliphatic hydroxyl groups excluding tert-OH is 1. The fourth-order valence-corrected chi connectivity index (χ4v) is 2.57. The molecule has 1 unspecified atom stereocenters. The summed E-state index contributed by atoms with van der Waals surface area (Å²) < 4.78 is 15.7. The Bertz CT molecular complexity index is 678. The average Bonchev–Trinajstić information content (AvgIpc) is 3.04. The van der Waals surface area contributed by atoms with Crippen LogP contribution in [0, 0.1) is 0 Å². The molecule has 0 spiro atoms. The number of carbonyl (C=O) groups excluding carboxylic acids is 4. The zero-order chi connectivity index (χ0) is 24.7. The van der Waals surface area contributed by atoms with Crippen LogP contribution in [0.15, 0.2) is 12.2 Å². The van der Waals surface area contributed by atoms with E-state index in [1.165, 1.54) is 17.1 Å². The summed E-state index contributed by atoms with van der Waals surface area (Å²) in [7, 11) is 0. The minimum Gasteiger partial charge on any atom is -0.444 e. The van der Waals surface area contributed by atoms with Crippen molar-refractivity contribution >= 4 is 23.8 Å². The molecule has 188 valence electrons. The summed E-state index contributed by atoms with van der Waals surface area (Å²) in [6.07, 6.45) is 1.42. The number of hydrogen-bond acceptors (Lipinski definition) is 8. The molecule has 12 nitrogen and oxygen atoms in total. The minimum atomic E-state index is -0.971. The molecule has 1 heterocycles. The molecule has 12 heteroatoms. The van der Waals surface area contributed by atoms with Crippen LogP contribution < -0.4 is 16.0 Å². The predicted molar refractivity (Wildman–Crippen MR) is 118 cm³/mol. The highest BCUT2D eigenvalue weighted by Gasteiger charge is 2.23. The highest BCUT2D eigenvalue weighted by molar-refractivity contribution is 5.90. The number of alkyl carbamates (subject to hydrolysis) is 1. The van der Waals surface area contributed by atoms with Gasteiger partial charge in [0, 0.05) is 45.1 Å². The number of carbonyl (C=O) groups is 4. The van der Waals surface area contributed by atoms with Gasteiger partial charge < -0.3 is 40.2 Å². The van der Waals surface area contributed by atoms with Crippen LogP contribution in [-0.4, -0.2) is 98.3 Å². The number of aliphatic hydroxyl groups is 1. The van der Waals surface area contributed by atoms with Crippen molar-refractivity contribution in [3.8, 4) is 0 Å². The number of nitrogens with zero attached hydrogens (tertiary/aromatic N) is 1. The Balaban J connectivity index is 1.88. The molecule has 1 aliphatic heterocycles. The topological polar surface area (TPSA) is 156 Å². The van der Waals surface area contributed by atoms with Crippen molar-refractivity contribution in [2.24, 2.45) is 0 Å². The molecule has 0 bridgehead atoms. The molecular formula is C21H36N4O8. The highest BCUT2D eigenvalue weighted by atomic mass is 16.6. The second-order valence-corrected chi connectivity index (χ2v) is 8.16. The lowest BCUT2D eigenvalue weighted by Crippen LogP contribution is -2.38. The number of rotatable bonds is 15. The van der Waals surface area contributed by atoms with Gasteiger partial charge >= 0.3 is 6.09 Å². The SMILES string of the molecule is CC(C)(C)OC(=O)NCCNC(=O)CCOCCOCCNC(=O)CCN1C(=O)C=CC1O. The third-order valence-electron chi connectivity index (χ3n) is 4.12. The zero-order valence-corrected chi connectivity index (χ0v) is 19.6. The van der Waals surface area contributed by atoms with Crippen LogP contribution in [-0.2, 0) is 28.6 Å². The summed E-state index contributed by atoms with van der Waals surface area (Å²) in [4.78, 5) is 47.5. The molecule has 0 aliphatic carbocycles. The van der Waals surface area contributed by atoms with Crippen molar-refractivity contribution in [3.05, 3.63) is 12.2 Å². The standard InChI is InChI=1S/C21H36N4O8/c1-21(2,3)33-20(30)24-9-8-22-17(27)7-12-31-14-15-32-13-10-23-16(26)6-11-25-18(28)4-5-19(25)29/h4-5,18,28H,6-15H2,1-3H3,(H,22,27)(H,23,26)(H,24,30). The third kappa shape index (κ3) is 14.1. The lowest BCUT2D eigenvalue weighted by atomic mass is 10.2. The largest absolute Gasteiger partial charge is 0.444 e. The Labute approximate surface area is 194 Å². The maximum Gasteiger partial charge on any atom is 0.407 e. The van der Waals surface area contributed by atoms with E-state index in [1.807, 2.05) is 0 Å². The van der Waals surface area contributed by atoms with Gasteiger partial charge in [-0.25, -0.2) is 4.79 Å². The van der Waals surface area contributed by atoms with E-state index >= 15 is 0 Å². The van der Waals surface area contributed by atoms with Gasteiger partial charge in [0.1, 0.15) is 11.8 Å². The summed E-state index contributed by atoms with van der Waals surface area (Å²) in [5, 5.41) is 17.4. The van der Waals surface area contributed by atoms with Crippen LogP contribution in [0.3, 0.4) is 0 Å². The maximum absolute atomic E-state index is 11.7. The van der Waals surface area contributed by atoms with Crippen LogP contribution in [0.25, 0.3) is 0 Å². The number of nitrogens with one attached hydrogen (secondary N) is 3. The molecule has 0 radical (unpaired) electrons. The summed E-state index contributed by atoms with van der Waals surface area (Å²) in [5.74, 6) is -0.746. The molecule has 0 aromatic rings. The molecule has 4 amide bonds. The Kier molecular flexibility index (Phi) is 13.0. The quantitative estimate of drug-likeness (QED) is 0.228. The molecule has 0 saturated heterocycles. The van der Waals surface area contributed by atoms with E-state index < -0.39 is 17.9 Å². The Hall–Kier alpha value is -2.70. The van der Waals surface area contributed by atoms with Gasteiger partial charge in [0.25, 0.3) is 0 Å². The van der Waals surface area contributed by atoms with Crippen LogP contribution in [0.1, 0.15) is 33.6 Å².